The van der Waals surface area contributed by atoms with Crippen LogP contribution >= 0.6 is 0 Å². The summed E-state index contributed by atoms with van der Waals surface area (Å²) in [7, 11) is 1.61. The Hall–Kier alpha value is -4.72. The van der Waals surface area contributed by atoms with Gasteiger partial charge in [0, 0.05) is 48.9 Å². The number of rotatable bonds is 5. The summed E-state index contributed by atoms with van der Waals surface area (Å²) in [5, 5.41) is 15.5. The van der Waals surface area contributed by atoms with Crippen molar-refractivity contribution < 1.29 is 42.8 Å². The Kier molecular flexibility index (Phi) is 7.97. The number of fused-ring (bicyclic) bond motifs is 2. The smallest absolute Gasteiger partial charge is 0.413 e. The van der Waals surface area contributed by atoms with Crippen LogP contribution in [0, 0.1) is 12.7 Å². The molecule has 0 bridgehead atoms. The van der Waals surface area contributed by atoms with E-state index in [0.29, 0.717) is 23.8 Å². The van der Waals surface area contributed by atoms with Crippen LogP contribution in [0.3, 0.4) is 0 Å². The van der Waals surface area contributed by atoms with Crippen molar-refractivity contribution >= 4 is 46.2 Å². The maximum Gasteiger partial charge on any atom is 0.413 e. The van der Waals surface area contributed by atoms with Gasteiger partial charge < -0.3 is 24.1 Å². The number of hydrogen-bond acceptors (Lipinski definition) is 9. The molecule has 234 valence electrons. The number of amides is 3. The highest BCUT2D eigenvalue weighted by atomic mass is 19.1. The molecule has 3 heterocycles. The third kappa shape index (κ3) is 6.16. The van der Waals surface area contributed by atoms with E-state index in [2.05, 4.69) is 20.6 Å². The van der Waals surface area contributed by atoms with Gasteiger partial charge >= 0.3 is 18.3 Å². The SMILES string of the molecule is COC1(C)CC(OC(=O)Nc2cc3cc(-c4cnc5c(c4C)N(C(=O)O)CCO5)c(F)c(NC(=O)OC(C)(C)C)c3cn2)C1. The predicted octanol–water partition coefficient (Wildman–Crippen LogP) is 6.08. The molecule has 5 rings (SSSR count). The van der Waals surface area contributed by atoms with Crippen molar-refractivity contribution in [3.8, 4) is 17.0 Å². The standard InChI is InChI=1S/C30H34FN5O8/c1-15-19(13-33-25-24(15)36(28(39)40)7-8-42-25)18-9-16-10-21(34-26(37)43-17-11-30(5,12-17)41-6)32-14-20(16)23(22(18)31)35-27(38)44-29(2,3)4/h9-10,13-14,17H,7-8,11-12H2,1-6H3,(H,35,38)(H,39,40)(H,32,34,37). The Morgan fingerprint density at radius 1 is 1.11 bits per heavy atom. The van der Waals surface area contributed by atoms with E-state index in [4.69, 9.17) is 18.9 Å². The first kappa shape index (κ1) is 30.7. The molecule has 1 aliphatic carbocycles. The number of methoxy groups -OCH3 is 1. The highest BCUT2D eigenvalue weighted by Crippen LogP contribution is 2.42. The van der Waals surface area contributed by atoms with Crippen molar-refractivity contribution in [2.75, 3.05) is 35.8 Å². The molecule has 2 aliphatic rings. The van der Waals surface area contributed by atoms with E-state index in [1.807, 2.05) is 6.92 Å². The lowest BCUT2D eigenvalue weighted by Crippen LogP contribution is -2.48. The van der Waals surface area contributed by atoms with Gasteiger partial charge in [-0.2, -0.15) is 0 Å². The van der Waals surface area contributed by atoms with Crippen LogP contribution in [0.2, 0.25) is 0 Å². The summed E-state index contributed by atoms with van der Waals surface area (Å²) in [6.07, 6.45) is 0.697. The number of aromatic nitrogens is 2. The molecule has 0 radical (unpaired) electrons. The zero-order valence-electron chi connectivity index (χ0n) is 25.2. The molecule has 1 fully saturated rings. The zero-order chi connectivity index (χ0) is 32.0. The zero-order valence-corrected chi connectivity index (χ0v) is 25.2. The van der Waals surface area contributed by atoms with Crippen LogP contribution in [0.25, 0.3) is 21.9 Å². The number of benzene rings is 1. The molecular weight excluding hydrogens is 577 g/mol. The first-order valence-corrected chi connectivity index (χ1v) is 14.0. The number of pyridine rings is 2. The van der Waals surface area contributed by atoms with Gasteiger partial charge in [0.1, 0.15) is 29.8 Å². The molecule has 14 heteroatoms. The van der Waals surface area contributed by atoms with Crippen LogP contribution in [0.15, 0.2) is 24.5 Å². The highest BCUT2D eigenvalue weighted by molar-refractivity contribution is 6.04. The number of anilines is 3. The molecule has 0 spiro atoms. The average molecular weight is 612 g/mol. The van der Waals surface area contributed by atoms with Crippen LogP contribution in [0.4, 0.5) is 36.0 Å². The summed E-state index contributed by atoms with van der Waals surface area (Å²) in [6, 6.07) is 3.01. The fourth-order valence-electron chi connectivity index (χ4n) is 5.30. The minimum atomic E-state index is -1.20. The fraction of sp³-hybridized carbons (Fsp3) is 0.433. The molecule has 1 aromatic carbocycles. The molecule has 0 atom stereocenters. The van der Waals surface area contributed by atoms with Gasteiger partial charge in [0.2, 0.25) is 5.88 Å². The monoisotopic (exact) mass is 611 g/mol. The molecule has 3 amide bonds. The van der Waals surface area contributed by atoms with Crippen molar-refractivity contribution in [2.45, 2.75) is 64.8 Å². The Balaban J connectivity index is 1.55. The van der Waals surface area contributed by atoms with Gasteiger partial charge in [-0.15, -0.1) is 0 Å². The van der Waals surface area contributed by atoms with Gasteiger partial charge in [-0.05, 0) is 57.7 Å². The van der Waals surface area contributed by atoms with Gasteiger partial charge in [0.05, 0.1) is 17.8 Å². The van der Waals surface area contributed by atoms with Crippen molar-refractivity contribution in [1.82, 2.24) is 9.97 Å². The van der Waals surface area contributed by atoms with E-state index < -0.39 is 29.7 Å². The molecule has 1 saturated carbocycles. The molecule has 13 nitrogen and oxygen atoms in total. The Morgan fingerprint density at radius 3 is 2.50 bits per heavy atom. The summed E-state index contributed by atoms with van der Waals surface area (Å²) in [6.45, 7) is 8.78. The number of hydrogen-bond donors (Lipinski definition) is 3. The lowest BCUT2D eigenvalue weighted by atomic mass is 9.79. The van der Waals surface area contributed by atoms with Gasteiger partial charge in [-0.1, -0.05) is 0 Å². The van der Waals surface area contributed by atoms with Crippen molar-refractivity contribution in [2.24, 2.45) is 0 Å². The van der Waals surface area contributed by atoms with Crippen LogP contribution in [0.5, 0.6) is 5.88 Å². The number of nitrogens with one attached hydrogen (secondary N) is 2. The van der Waals surface area contributed by atoms with Crippen LogP contribution in [0.1, 0.15) is 46.1 Å². The van der Waals surface area contributed by atoms with E-state index in [-0.39, 0.29) is 64.4 Å². The third-order valence-electron chi connectivity index (χ3n) is 7.52. The molecule has 2 aromatic heterocycles. The molecule has 0 unspecified atom stereocenters. The average Bonchev–Trinajstić information content (AvgIpc) is 2.92. The summed E-state index contributed by atoms with van der Waals surface area (Å²) in [5.41, 5.74) is -0.527. The predicted molar refractivity (Wildman–Crippen MR) is 159 cm³/mol. The molecule has 3 N–H and O–H groups in total. The number of ether oxygens (including phenoxy) is 4. The van der Waals surface area contributed by atoms with Gasteiger partial charge in [0.15, 0.2) is 5.82 Å². The third-order valence-corrected chi connectivity index (χ3v) is 7.52. The van der Waals surface area contributed by atoms with E-state index >= 15 is 4.39 Å². The minimum Gasteiger partial charge on any atom is -0.474 e. The normalized spacial score (nSPS) is 19.3. The Labute approximate surface area is 252 Å². The number of halogens is 1. The Bertz CT molecular complexity index is 1650. The van der Waals surface area contributed by atoms with E-state index in [1.54, 1.807) is 34.8 Å². The number of nitrogens with zero attached hydrogens (tertiary/aromatic N) is 3. The second-order valence-electron chi connectivity index (χ2n) is 12.0. The van der Waals surface area contributed by atoms with Crippen molar-refractivity contribution in [3.63, 3.8) is 0 Å². The van der Waals surface area contributed by atoms with Gasteiger partial charge in [0.25, 0.3) is 0 Å². The van der Waals surface area contributed by atoms with Gasteiger partial charge in [-0.3, -0.25) is 15.5 Å². The summed E-state index contributed by atoms with van der Waals surface area (Å²) in [5.74, 6) is -0.581. The molecule has 3 aromatic rings. The Morgan fingerprint density at radius 2 is 1.84 bits per heavy atom. The maximum absolute atomic E-state index is 16.4. The van der Waals surface area contributed by atoms with Gasteiger partial charge in [-0.25, -0.2) is 28.7 Å². The summed E-state index contributed by atoms with van der Waals surface area (Å²) < 4.78 is 38.1. The fourth-order valence-corrected chi connectivity index (χ4v) is 5.30. The summed E-state index contributed by atoms with van der Waals surface area (Å²) in [4.78, 5) is 46.9. The van der Waals surface area contributed by atoms with Crippen LogP contribution < -0.4 is 20.3 Å². The molecule has 1 aliphatic heterocycles. The van der Waals surface area contributed by atoms with Crippen molar-refractivity contribution in [1.29, 1.82) is 0 Å². The molecular formula is C30H34FN5O8. The molecule has 44 heavy (non-hydrogen) atoms. The van der Waals surface area contributed by atoms with Crippen molar-refractivity contribution in [3.05, 3.63) is 35.9 Å². The summed E-state index contributed by atoms with van der Waals surface area (Å²) >= 11 is 0. The molecule has 0 saturated heterocycles. The topological polar surface area (TPSA) is 161 Å². The second-order valence-corrected chi connectivity index (χ2v) is 12.0. The lowest BCUT2D eigenvalue weighted by molar-refractivity contribution is -0.124. The number of carbonyl (C=O) groups excluding carboxylic acids is 2. The number of carboxylic acid groups (broad SMARTS) is 1. The number of carbonyl (C=O) groups is 3. The van der Waals surface area contributed by atoms with Crippen LogP contribution in [-0.4, -0.2) is 70.9 Å². The van der Waals surface area contributed by atoms with Crippen LogP contribution in [-0.2, 0) is 14.2 Å². The van der Waals surface area contributed by atoms with E-state index in [1.165, 1.54) is 24.5 Å². The maximum atomic E-state index is 16.4. The highest BCUT2D eigenvalue weighted by Gasteiger charge is 2.43. The first-order chi connectivity index (χ1) is 20.7. The first-order valence-electron chi connectivity index (χ1n) is 14.0. The van der Waals surface area contributed by atoms with E-state index in [0.717, 1.165) is 4.90 Å². The second kappa shape index (κ2) is 11.4. The van der Waals surface area contributed by atoms with E-state index in [9.17, 15) is 19.5 Å². The minimum absolute atomic E-state index is 0.0142. The lowest BCUT2D eigenvalue weighted by Gasteiger charge is -2.42. The quantitative estimate of drug-likeness (QED) is 0.308. The largest absolute Gasteiger partial charge is 0.474 e.